The summed E-state index contributed by atoms with van der Waals surface area (Å²) >= 11 is 0. The molecule has 1 rings (SSSR count). The normalized spacial score (nSPS) is 12.7. The number of carbonyl (C=O) groups excluding carboxylic acids is 1. The van der Waals surface area contributed by atoms with Gasteiger partial charge in [-0.3, -0.25) is 0 Å². The molecule has 0 N–H and O–H groups in total. The topological polar surface area (TPSA) is 35.5 Å². The Morgan fingerprint density at radius 3 is 2.27 bits per heavy atom. The number of hydrogen-bond donors (Lipinski definition) is 0. The van der Waals surface area contributed by atoms with Crippen LogP contribution in [-0.4, -0.2) is 26.8 Å². The first-order valence-corrected chi connectivity index (χ1v) is 4.87. The third-order valence-corrected chi connectivity index (χ3v) is 2.36. The van der Waals surface area contributed by atoms with Crippen molar-refractivity contribution in [2.45, 2.75) is 18.6 Å². The van der Waals surface area contributed by atoms with Crippen LogP contribution in [0.2, 0.25) is 0 Å². The Morgan fingerprint density at radius 2 is 1.80 bits per heavy atom. The van der Waals surface area contributed by atoms with Gasteiger partial charge in [0.05, 0.1) is 0 Å². The largest absolute Gasteiger partial charge is 0.356 e. The van der Waals surface area contributed by atoms with Gasteiger partial charge in [-0.2, -0.15) is 0 Å². The maximum Gasteiger partial charge on any atom is 0.157 e. The standard InChI is InChI=1S/C12H16O3/c1-14-12(15-2)8-11(9-13)10-6-4-3-5-7-10/h3-7,9,11-12H,8H2,1-2H3. The van der Waals surface area contributed by atoms with E-state index in [4.69, 9.17) is 9.47 Å². The molecular weight excluding hydrogens is 192 g/mol. The van der Waals surface area contributed by atoms with Crippen molar-refractivity contribution in [1.82, 2.24) is 0 Å². The Morgan fingerprint density at radius 1 is 1.20 bits per heavy atom. The minimum absolute atomic E-state index is 0.170. The van der Waals surface area contributed by atoms with Crippen LogP contribution in [0.1, 0.15) is 17.9 Å². The smallest absolute Gasteiger partial charge is 0.157 e. The summed E-state index contributed by atoms with van der Waals surface area (Å²) in [6, 6.07) is 9.62. The summed E-state index contributed by atoms with van der Waals surface area (Å²) in [7, 11) is 3.14. The summed E-state index contributed by atoms with van der Waals surface area (Å²) in [4.78, 5) is 11.0. The Hall–Kier alpha value is -1.19. The van der Waals surface area contributed by atoms with Crippen LogP contribution in [0.4, 0.5) is 0 Å². The molecule has 0 heterocycles. The van der Waals surface area contributed by atoms with Crippen molar-refractivity contribution in [1.29, 1.82) is 0 Å². The highest BCUT2D eigenvalue weighted by molar-refractivity contribution is 5.62. The first-order chi connectivity index (χ1) is 7.31. The van der Waals surface area contributed by atoms with Gasteiger partial charge in [0.2, 0.25) is 0 Å². The first kappa shape index (κ1) is 11.9. The molecule has 0 amide bonds. The van der Waals surface area contributed by atoms with E-state index in [9.17, 15) is 4.79 Å². The first-order valence-electron chi connectivity index (χ1n) is 4.87. The number of rotatable bonds is 6. The van der Waals surface area contributed by atoms with E-state index in [2.05, 4.69) is 0 Å². The third kappa shape index (κ3) is 3.46. The van der Waals surface area contributed by atoms with Crippen LogP contribution in [-0.2, 0) is 14.3 Å². The third-order valence-electron chi connectivity index (χ3n) is 2.36. The number of benzene rings is 1. The van der Waals surface area contributed by atoms with Crippen molar-refractivity contribution in [2.75, 3.05) is 14.2 Å². The van der Waals surface area contributed by atoms with E-state index in [0.717, 1.165) is 11.8 Å². The quantitative estimate of drug-likeness (QED) is 0.529. The zero-order valence-electron chi connectivity index (χ0n) is 9.05. The molecule has 3 heteroatoms. The van der Waals surface area contributed by atoms with Crippen LogP contribution in [0.5, 0.6) is 0 Å². The highest BCUT2D eigenvalue weighted by Gasteiger charge is 2.16. The number of aldehydes is 1. The Bertz CT molecular complexity index is 280. The minimum atomic E-state index is -0.333. The van der Waals surface area contributed by atoms with Gasteiger partial charge in [0.15, 0.2) is 6.29 Å². The molecule has 0 aliphatic rings. The van der Waals surface area contributed by atoms with Gasteiger partial charge < -0.3 is 14.3 Å². The lowest BCUT2D eigenvalue weighted by Crippen LogP contribution is -2.17. The average molecular weight is 208 g/mol. The maximum absolute atomic E-state index is 11.0. The van der Waals surface area contributed by atoms with Crippen LogP contribution in [0, 0.1) is 0 Å². The van der Waals surface area contributed by atoms with Gasteiger partial charge >= 0.3 is 0 Å². The zero-order chi connectivity index (χ0) is 11.1. The number of methoxy groups -OCH3 is 2. The van der Waals surface area contributed by atoms with E-state index >= 15 is 0 Å². The summed E-state index contributed by atoms with van der Waals surface area (Å²) in [6.45, 7) is 0. The second kappa shape index (κ2) is 6.32. The van der Waals surface area contributed by atoms with Crippen LogP contribution in [0.25, 0.3) is 0 Å². The molecule has 82 valence electrons. The summed E-state index contributed by atoms with van der Waals surface area (Å²) < 4.78 is 10.1. The summed E-state index contributed by atoms with van der Waals surface area (Å²) in [6.07, 6.45) is 1.14. The summed E-state index contributed by atoms with van der Waals surface area (Å²) in [5.74, 6) is -0.170. The molecule has 1 unspecified atom stereocenters. The van der Waals surface area contributed by atoms with Crippen molar-refractivity contribution in [3.05, 3.63) is 35.9 Å². The molecule has 3 nitrogen and oxygen atoms in total. The van der Waals surface area contributed by atoms with Gasteiger partial charge in [0.25, 0.3) is 0 Å². The fourth-order valence-electron chi connectivity index (χ4n) is 1.47. The molecule has 0 fully saturated rings. The van der Waals surface area contributed by atoms with Crippen molar-refractivity contribution in [2.24, 2.45) is 0 Å². The molecular formula is C12H16O3. The lowest BCUT2D eigenvalue weighted by atomic mass is 9.97. The fraction of sp³-hybridized carbons (Fsp3) is 0.417. The van der Waals surface area contributed by atoms with Gasteiger partial charge in [0.1, 0.15) is 6.29 Å². The molecule has 1 aromatic rings. The molecule has 1 aromatic carbocycles. The molecule has 0 saturated heterocycles. The van der Waals surface area contributed by atoms with Crippen molar-refractivity contribution in [3.8, 4) is 0 Å². The highest BCUT2D eigenvalue weighted by Crippen LogP contribution is 2.20. The van der Waals surface area contributed by atoms with Gasteiger partial charge in [0, 0.05) is 26.6 Å². The number of carbonyl (C=O) groups is 1. The van der Waals surface area contributed by atoms with Crippen LogP contribution in [0.15, 0.2) is 30.3 Å². The molecule has 0 aliphatic carbocycles. The van der Waals surface area contributed by atoms with E-state index < -0.39 is 0 Å². The number of hydrogen-bond acceptors (Lipinski definition) is 3. The second-order valence-electron chi connectivity index (χ2n) is 3.29. The van der Waals surface area contributed by atoms with E-state index in [-0.39, 0.29) is 12.2 Å². The average Bonchev–Trinajstić information content (AvgIpc) is 2.32. The van der Waals surface area contributed by atoms with Crippen molar-refractivity contribution < 1.29 is 14.3 Å². The van der Waals surface area contributed by atoms with Gasteiger partial charge in [-0.25, -0.2) is 0 Å². The predicted molar refractivity (Wildman–Crippen MR) is 57.7 cm³/mol. The van der Waals surface area contributed by atoms with Crippen LogP contribution < -0.4 is 0 Å². The second-order valence-corrected chi connectivity index (χ2v) is 3.29. The van der Waals surface area contributed by atoms with Gasteiger partial charge in [-0.15, -0.1) is 0 Å². The molecule has 0 saturated carbocycles. The van der Waals surface area contributed by atoms with Gasteiger partial charge in [-0.05, 0) is 5.56 Å². The Kier molecular flexibility index (Phi) is 5.01. The van der Waals surface area contributed by atoms with Crippen molar-refractivity contribution in [3.63, 3.8) is 0 Å². The summed E-state index contributed by atoms with van der Waals surface area (Å²) in [5, 5.41) is 0. The monoisotopic (exact) mass is 208 g/mol. The summed E-state index contributed by atoms with van der Waals surface area (Å²) in [5.41, 5.74) is 0.992. The lowest BCUT2D eigenvalue weighted by Gasteiger charge is -2.17. The van der Waals surface area contributed by atoms with Crippen molar-refractivity contribution >= 4 is 6.29 Å². The Labute approximate surface area is 90.0 Å². The zero-order valence-corrected chi connectivity index (χ0v) is 9.05. The molecule has 0 aliphatic heterocycles. The molecule has 1 atom stereocenters. The molecule has 0 aromatic heterocycles. The van der Waals surface area contributed by atoms with E-state index in [1.807, 2.05) is 30.3 Å². The minimum Gasteiger partial charge on any atom is -0.356 e. The van der Waals surface area contributed by atoms with Crippen LogP contribution >= 0.6 is 0 Å². The number of ether oxygens (including phenoxy) is 2. The highest BCUT2D eigenvalue weighted by atomic mass is 16.7. The van der Waals surface area contributed by atoms with Crippen LogP contribution in [0.3, 0.4) is 0 Å². The fourth-order valence-corrected chi connectivity index (χ4v) is 1.47. The lowest BCUT2D eigenvalue weighted by molar-refractivity contribution is -0.121. The Balaban J connectivity index is 2.68. The SMILES string of the molecule is COC(CC(C=O)c1ccccc1)OC. The molecule has 0 spiro atoms. The molecule has 0 bridgehead atoms. The van der Waals surface area contributed by atoms with E-state index in [1.54, 1.807) is 14.2 Å². The predicted octanol–water partition coefficient (Wildman–Crippen LogP) is 1.98. The maximum atomic E-state index is 11.0. The van der Waals surface area contributed by atoms with E-state index in [1.165, 1.54) is 0 Å². The molecule has 0 radical (unpaired) electrons. The van der Waals surface area contributed by atoms with Gasteiger partial charge in [-0.1, -0.05) is 30.3 Å². The van der Waals surface area contributed by atoms with E-state index in [0.29, 0.717) is 6.42 Å². The molecule has 15 heavy (non-hydrogen) atoms.